The van der Waals surface area contributed by atoms with E-state index in [-0.39, 0.29) is 24.6 Å². The number of carbonyl (C=O) groups excluding carboxylic acids is 2. The SMILES string of the molecule is CCOCCOC(=O)C1=C(C)N=C2CCCC(=O)[C@H]2[C@@H]1c1ccc(F)c(F)c1. The van der Waals surface area contributed by atoms with E-state index in [0.717, 1.165) is 12.1 Å². The maximum Gasteiger partial charge on any atom is 0.336 e. The molecule has 5 nitrogen and oxygen atoms in total. The molecule has 150 valence electrons. The monoisotopic (exact) mass is 391 g/mol. The van der Waals surface area contributed by atoms with Crippen molar-refractivity contribution in [2.24, 2.45) is 10.9 Å². The highest BCUT2D eigenvalue weighted by Crippen LogP contribution is 2.43. The molecule has 1 fully saturated rings. The molecule has 2 atom stereocenters. The molecule has 0 unspecified atom stereocenters. The highest BCUT2D eigenvalue weighted by atomic mass is 19.2. The fourth-order valence-electron chi connectivity index (χ4n) is 3.87. The number of benzene rings is 1. The zero-order chi connectivity index (χ0) is 20.3. The number of esters is 1. The van der Waals surface area contributed by atoms with Gasteiger partial charge in [-0.2, -0.15) is 0 Å². The summed E-state index contributed by atoms with van der Waals surface area (Å²) in [6, 6.07) is 3.47. The van der Waals surface area contributed by atoms with Crippen molar-refractivity contribution in [1.82, 2.24) is 0 Å². The number of rotatable bonds is 6. The van der Waals surface area contributed by atoms with Crippen molar-refractivity contribution in [3.8, 4) is 0 Å². The number of aliphatic imine (C=N–C) groups is 1. The molecule has 2 aliphatic rings. The summed E-state index contributed by atoms with van der Waals surface area (Å²) in [7, 11) is 0. The lowest BCUT2D eigenvalue weighted by Crippen LogP contribution is -2.39. The molecule has 1 saturated carbocycles. The van der Waals surface area contributed by atoms with Crippen molar-refractivity contribution in [1.29, 1.82) is 0 Å². The Bertz CT molecular complexity index is 847. The molecule has 28 heavy (non-hydrogen) atoms. The van der Waals surface area contributed by atoms with Crippen LogP contribution in [-0.2, 0) is 19.1 Å². The first-order valence-corrected chi connectivity index (χ1v) is 9.44. The summed E-state index contributed by atoms with van der Waals surface area (Å²) in [6.07, 6.45) is 1.70. The maximum absolute atomic E-state index is 13.9. The predicted octanol–water partition coefficient (Wildman–Crippen LogP) is 3.73. The highest BCUT2D eigenvalue weighted by molar-refractivity contribution is 6.11. The third kappa shape index (κ3) is 4.04. The average Bonchev–Trinajstić information content (AvgIpc) is 2.66. The van der Waals surface area contributed by atoms with Gasteiger partial charge in [0.1, 0.15) is 12.4 Å². The van der Waals surface area contributed by atoms with Crippen molar-refractivity contribution in [2.45, 2.75) is 39.0 Å². The van der Waals surface area contributed by atoms with Gasteiger partial charge in [0.15, 0.2) is 11.6 Å². The number of nitrogens with zero attached hydrogens (tertiary/aromatic N) is 1. The normalized spacial score (nSPS) is 22.0. The Kier molecular flexibility index (Phi) is 6.34. The molecular formula is C21H23F2NO4. The van der Waals surface area contributed by atoms with Crippen LogP contribution in [0.4, 0.5) is 8.78 Å². The summed E-state index contributed by atoms with van der Waals surface area (Å²) < 4.78 is 37.9. The van der Waals surface area contributed by atoms with Crippen LogP contribution in [0.2, 0.25) is 0 Å². The lowest BCUT2D eigenvalue weighted by atomic mass is 9.69. The zero-order valence-corrected chi connectivity index (χ0v) is 16.0. The van der Waals surface area contributed by atoms with Gasteiger partial charge >= 0.3 is 5.97 Å². The number of Topliss-reactive ketones (excluding diaryl/α,β-unsaturated/α-hetero) is 1. The van der Waals surface area contributed by atoms with E-state index in [2.05, 4.69) is 4.99 Å². The molecule has 0 bridgehead atoms. The van der Waals surface area contributed by atoms with Crippen molar-refractivity contribution >= 4 is 17.5 Å². The van der Waals surface area contributed by atoms with E-state index >= 15 is 0 Å². The molecule has 0 aromatic heterocycles. The third-order valence-electron chi connectivity index (χ3n) is 5.10. The Hall–Kier alpha value is -2.41. The topological polar surface area (TPSA) is 65.0 Å². The summed E-state index contributed by atoms with van der Waals surface area (Å²) in [5.41, 5.74) is 1.71. The van der Waals surface area contributed by atoms with Crippen LogP contribution in [0.25, 0.3) is 0 Å². The van der Waals surface area contributed by atoms with Gasteiger partial charge < -0.3 is 9.47 Å². The average molecular weight is 391 g/mol. The van der Waals surface area contributed by atoms with E-state index in [1.54, 1.807) is 6.92 Å². The molecule has 0 radical (unpaired) electrons. The number of ether oxygens (including phenoxy) is 2. The fraction of sp³-hybridized carbons (Fsp3) is 0.476. The van der Waals surface area contributed by atoms with E-state index < -0.39 is 29.4 Å². The predicted molar refractivity (Wildman–Crippen MR) is 99.0 cm³/mol. The molecule has 1 aromatic carbocycles. The van der Waals surface area contributed by atoms with E-state index in [4.69, 9.17) is 9.47 Å². The van der Waals surface area contributed by atoms with Gasteiger partial charge in [-0.1, -0.05) is 6.07 Å². The van der Waals surface area contributed by atoms with Gasteiger partial charge in [0, 0.05) is 30.4 Å². The largest absolute Gasteiger partial charge is 0.460 e. The number of hydrogen-bond donors (Lipinski definition) is 0. The molecule has 7 heteroatoms. The minimum Gasteiger partial charge on any atom is -0.460 e. The van der Waals surface area contributed by atoms with Gasteiger partial charge in [-0.15, -0.1) is 0 Å². The summed E-state index contributed by atoms with van der Waals surface area (Å²) in [6.45, 7) is 4.32. The minimum absolute atomic E-state index is 0.0492. The Morgan fingerprint density at radius 1 is 1.18 bits per heavy atom. The van der Waals surface area contributed by atoms with Crippen molar-refractivity contribution < 1.29 is 27.8 Å². The smallest absolute Gasteiger partial charge is 0.336 e. The van der Waals surface area contributed by atoms with Crippen molar-refractivity contribution in [3.63, 3.8) is 0 Å². The van der Waals surface area contributed by atoms with E-state index in [9.17, 15) is 18.4 Å². The highest BCUT2D eigenvalue weighted by Gasteiger charge is 2.43. The Labute approximate surface area is 162 Å². The summed E-state index contributed by atoms with van der Waals surface area (Å²) in [5.74, 6) is -4.07. The second kappa shape index (κ2) is 8.73. The van der Waals surface area contributed by atoms with Gasteiger partial charge in [0.25, 0.3) is 0 Å². The van der Waals surface area contributed by atoms with Gasteiger partial charge in [-0.25, -0.2) is 13.6 Å². The first-order chi connectivity index (χ1) is 13.4. The first-order valence-electron chi connectivity index (χ1n) is 9.44. The first kappa shape index (κ1) is 20.3. The van der Waals surface area contributed by atoms with Crippen LogP contribution < -0.4 is 0 Å². The number of ketones is 1. The third-order valence-corrected chi connectivity index (χ3v) is 5.10. The van der Waals surface area contributed by atoms with Crippen LogP contribution in [0.3, 0.4) is 0 Å². The Morgan fingerprint density at radius 3 is 2.68 bits per heavy atom. The fourth-order valence-corrected chi connectivity index (χ4v) is 3.87. The maximum atomic E-state index is 13.9. The number of fused-ring (bicyclic) bond motifs is 1. The summed E-state index contributed by atoms with van der Waals surface area (Å²) in [5, 5.41) is 0. The lowest BCUT2D eigenvalue weighted by Gasteiger charge is -2.35. The Balaban J connectivity index is 2.01. The van der Waals surface area contributed by atoms with Gasteiger partial charge in [0.05, 0.1) is 18.1 Å². The second-order valence-electron chi connectivity index (χ2n) is 6.88. The van der Waals surface area contributed by atoms with Crippen LogP contribution in [-0.4, -0.2) is 37.3 Å². The molecule has 0 saturated heterocycles. The molecule has 1 aromatic rings. The standard InChI is InChI=1S/C21H23F2NO4/c1-3-27-9-10-28-21(26)18-12(2)24-16-5-4-6-17(25)20(16)19(18)13-7-8-14(22)15(23)11-13/h7-8,11,19-20H,3-6,9-10H2,1-2H3/t19-,20+/m1/s1. The lowest BCUT2D eigenvalue weighted by molar-refractivity contribution is -0.141. The molecule has 0 amide bonds. The van der Waals surface area contributed by atoms with Crippen LogP contribution in [0.5, 0.6) is 0 Å². The van der Waals surface area contributed by atoms with Gasteiger partial charge in [-0.3, -0.25) is 9.79 Å². The number of hydrogen-bond acceptors (Lipinski definition) is 5. The van der Waals surface area contributed by atoms with Crippen LogP contribution in [0, 0.1) is 17.6 Å². The summed E-state index contributed by atoms with van der Waals surface area (Å²) >= 11 is 0. The molecule has 1 aliphatic heterocycles. The molecular weight excluding hydrogens is 368 g/mol. The zero-order valence-electron chi connectivity index (χ0n) is 16.0. The van der Waals surface area contributed by atoms with E-state index in [1.165, 1.54) is 6.07 Å². The molecule has 0 N–H and O–H groups in total. The number of halogens is 2. The second-order valence-corrected chi connectivity index (χ2v) is 6.88. The minimum atomic E-state index is -1.02. The number of carbonyl (C=O) groups is 2. The molecule has 0 spiro atoms. The summed E-state index contributed by atoms with van der Waals surface area (Å²) in [4.78, 5) is 30.0. The van der Waals surface area contributed by atoms with Gasteiger partial charge in [0.2, 0.25) is 0 Å². The van der Waals surface area contributed by atoms with Crippen molar-refractivity contribution in [2.75, 3.05) is 19.8 Å². The quantitative estimate of drug-likeness (QED) is 0.548. The van der Waals surface area contributed by atoms with Crippen molar-refractivity contribution in [3.05, 3.63) is 46.7 Å². The van der Waals surface area contributed by atoms with E-state index in [0.29, 0.717) is 42.8 Å². The van der Waals surface area contributed by atoms with Crippen LogP contribution in [0.1, 0.15) is 44.6 Å². The Morgan fingerprint density at radius 2 is 1.96 bits per heavy atom. The molecule has 3 rings (SSSR count). The number of allylic oxidation sites excluding steroid dienone is 1. The molecule has 1 heterocycles. The van der Waals surface area contributed by atoms with E-state index in [1.807, 2.05) is 6.92 Å². The molecule has 1 aliphatic carbocycles. The van der Waals surface area contributed by atoms with Crippen LogP contribution >= 0.6 is 0 Å². The van der Waals surface area contributed by atoms with Crippen LogP contribution in [0.15, 0.2) is 34.5 Å². The van der Waals surface area contributed by atoms with Gasteiger partial charge in [-0.05, 0) is 44.4 Å².